The Balaban J connectivity index is 1.25. The molecule has 0 aromatic heterocycles. The number of likely N-dealkylation sites (tertiary alicyclic amines) is 1. The summed E-state index contributed by atoms with van der Waals surface area (Å²) in [6, 6.07) is 11.4. The van der Waals surface area contributed by atoms with Gasteiger partial charge in [-0.25, -0.2) is 12.8 Å². The molecule has 0 radical (unpaired) electrons. The van der Waals surface area contributed by atoms with Crippen LogP contribution in [0.1, 0.15) is 60.4 Å². The number of amides is 2. The molecule has 1 unspecified atom stereocenters. The lowest BCUT2D eigenvalue weighted by Gasteiger charge is -2.34. The van der Waals surface area contributed by atoms with Gasteiger partial charge in [0.25, 0.3) is 0 Å². The Morgan fingerprint density at radius 2 is 1.83 bits per heavy atom. The molecule has 3 aliphatic rings. The molecule has 8 nitrogen and oxygen atoms in total. The molecule has 2 aromatic carbocycles. The van der Waals surface area contributed by atoms with Crippen molar-refractivity contribution in [3.8, 4) is 0 Å². The first kappa shape index (κ1) is 29.4. The van der Waals surface area contributed by atoms with Crippen LogP contribution in [0, 0.1) is 6.92 Å². The molecule has 2 saturated heterocycles. The van der Waals surface area contributed by atoms with Gasteiger partial charge in [-0.05, 0) is 73.4 Å². The third-order valence-corrected chi connectivity index (χ3v) is 10.3. The fourth-order valence-electron chi connectivity index (χ4n) is 6.06. The highest BCUT2D eigenvalue weighted by molar-refractivity contribution is 7.89. The smallest absolute Gasteiger partial charge is 0.243 e. The van der Waals surface area contributed by atoms with Crippen LogP contribution >= 0.6 is 0 Å². The summed E-state index contributed by atoms with van der Waals surface area (Å²) >= 11 is 0. The first-order valence-electron chi connectivity index (χ1n) is 14.4. The number of aryl methyl sites for hydroxylation is 2. The molecule has 5 rings (SSSR count). The third-order valence-electron chi connectivity index (χ3n) is 8.42. The van der Waals surface area contributed by atoms with Crippen molar-refractivity contribution in [2.75, 3.05) is 32.7 Å². The Kier molecular flexibility index (Phi) is 8.91. The number of hydrogen-bond donors (Lipinski definition) is 2. The zero-order chi connectivity index (χ0) is 29.1. The molecule has 220 valence electrons. The van der Waals surface area contributed by atoms with E-state index < -0.39 is 28.1 Å². The van der Waals surface area contributed by atoms with Gasteiger partial charge in [-0.3, -0.25) is 14.5 Å². The molecule has 2 aliphatic heterocycles. The Morgan fingerprint density at radius 1 is 1.10 bits per heavy atom. The van der Waals surface area contributed by atoms with E-state index in [0.29, 0.717) is 19.4 Å². The first-order valence-corrected chi connectivity index (χ1v) is 15.9. The number of benzene rings is 2. The standard InChI is InChI=1S/C31H39FN4O4S/c1-21-6-9-26(10-7-21)41(39,40)36-17-14-33-31(38)29(36)19-30(37)34-28-5-3-4-24-18-23(8-11-27(24)28)22(2)20-35-15-12-25(32)13-16-35/h6-11,18,25,28-29H,2-5,12-17,19-20H2,1H3,(H,33,38)(H,34,37)/t28-,29?/m1/s1. The summed E-state index contributed by atoms with van der Waals surface area (Å²) in [6.45, 7) is 8.63. The maximum Gasteiger partial charge on any atom is 0.243 e. The highest BCUT2D eigenvalue weighted by atomic mass is 32.2. The summed E-state index contributed by atoms with van der Waals surface area (Å²) in [4.78, 5) is 28.4. The van der Waals surface area contributed by atoms with E-state index in [2.05, 4.69) is 28.2 Å². The number of sulfonamides is 1. The number of nitrogens with one attached hydrogen (secondary N) is 2. The van der Waals surface area contributed by atoms with Crippen LogP contribution < -0.4 is 10.6 Å². The number of alkyl halides is 1. The van der Waals surface area contributed by atoms with Crippen molar-refractivity contribution in [1.29, 1.82) is 0 Å². The predicted molar refractivity (Wildman–Crippen MR) is 156 cm³/mol. The van der Waals surface area contributed by atoms with E-state index in [9.17, 15) is 22.4 Å². The van der Waals surface area contributed by atoms with E-state index in [1.54, 1.807) is 12.1 Å². The molecule has 1 aliphatic carbocycles. The van der Waals surface area contributed by atoms with E-state index in [1.165, 1.54) is 12.1 Å². The van der Waals surface area contributed by atoms with Crippen molar-refractivity contribution in [1.82, 2.24) is 19.8 Å². The summed E-state index contributed by atoms with van der Waals surface area (Å²) in [7, 11) is -3.95. The van der Waals surface area contributed by atoms with E-state index in [4.69, 9.17) is 0 Å². The second-order valence-electron chi connectivity index (χ2n) is 11.4. The SMILES string of the molecule is C=C(CN1CCC(F)CC1)c1ccc2c(c1)CCC[C@H]2NC(=O)CC1C(=O)NCCN1S(=O)(=O)c1ccc(C)cc1. The zero-order valence-electron chi connectivity index (χ0n) is 23.6. The molecule has 2 amide bonds. The minimum Gasteiger partial charge on any atom is -0.353 e. The number of nitrogens with zero attached hydrogens (tertiary/aromatic N) is 2. The molecule has 0 spiro atoms. The van der Waals surface area contributed by atoms with Crippen molar-refractivity contribution in [3.05, 3.63) is 71.3 Å². The van der Waals surface area contributed by atoms with Gasteiger partial charge < -0.3 is 10.6 Å². The lowest BCUT2D eigenvalue weighted by molar-refractivity contribution is -0.132. The molecular weight excluding hydrogens is 543 g/mol. The molecule has 2 N–H and O–H groups in total. The number of hydrogen-bond acceptors (Lipinski definition) is 5. The van der Waals surface area contributed by atoms with Crippen LogP contribution in [0.2, 0.25) is 0 Å². The van der Waals surface area contributed by atoms with Gasteiger partial charge in [-0.1, -0.05) is 42.5 Å². The van der Waals surface area contributed by atoms with Gasteiger partial charge in [-0.2, -0.15) is 4.31 Å². The van der Waals surface area contributed by atoms with Crippen LogP contribution in [0.5, 0.6) is 0 Å². The van der Waals surface area contributed by atoms with Crippen molar-refractivity contribution < 1.29 is 22.4 Å². The van der Waals surface area contributed by atoms with Crippen molar-refractivity contribution >= 4 is 27.4 Å². The maximum atomic E-state index is 13.5. The molecular formula is C31H39FN4O4S. The van der Waals surface area contributed by atoms with Gasteiger partial charge in [0, 0.05) is 32.7 Å². The Labute approximate surface area is 242 Å². The topological polar surface area (TPSA) is 98.8 Å². The second kappa shape index (κ2) is 12.4. The summed E-state index contributed by atoms with van der Waals surface area (Å²) in [5.41, 5.74) is 5.17. The second-order valence-corrected chi connectivity index (χ2v) is 13.3. The van der Waals surface area contributed by atoms with Crippen LogP contribution in [-0.2, 0) is 26.0 Å². The molecule has 2 heterocycles. The predicted octanol–water partition coefficient (Wildman–Crippen LogP) is 3.52. The number of carbonyl (C=O) groups excluding carboxylic acids is 2. The van der Waals surface area contributed by atoms with Crippen LogP contribution in [0.4, 0.5) is 4.39 Å². The third kappa shape index (κ3) is 6.71. The Bertz CT molecular complexity index is 1400. The summed E-state index contributed by atoms with van der Waals surface area (Å²) < 4.78 is 41.5. The van der Waals surface area contributed by atoms with Crippen molar-refractivity contribution in [2.24, 2.45) is 0 Å². The van der Waals surface area contributed by atoms with Gasteiger partial charge in [-0.15, -0.1) is 0 Å². The maximum absolute atomic E-state index is 13.5. The summed E-state index contributed by atoms with van der Waals surface area (Å²) in [5, 5.41) is 5.79. The first-order chi connectivity index (χ1) is 19.6. The van der Waals surface area contributed by atoms with E-state index in [1.807, 2.05) is 19.1 Å². The lowest BCUT2D eigenvalue weighted by atomic mass is 9.85. The van der Waals surface area contributed by atoms with E-state index in [-0.39, 0.29) is 36.4 Å². The molecule has 2 aromatic rings. The molecule has 10 heteroatoms. The normalized spacial score (nSPS) is 22.5. The van der Waals surface area contributed by atoms with E-state index >= 15 is 0 Å². The number of piperidine rings is 1. The molecule has 0 bridgehead atoms. The van der Waals surface area contributed by atoms with Gasteiger partial charge >= 0.3 is 0 Å². The quantitative estimate of drug-likeness (QED) is 0.497. The summed E-state index contributed by atoms with van der Waals surface area (Å²) in [6.07, 6.45) is 2.73. The zero-order valence-corrected chi connectivity index (χ0v) is 24.4. The fourth-order valence-corrected chi connectivity index (χ4v) is 7.64. The molecule has 2 fully saturated rings. The number of fused-ring (bicyclic) bond motifs is 1. The highest BCUT2D eigenvalue weighted by Crippen LogP contribution is 2.32. The summed E-state index contributed by atoms with van der Waals surface area (Å²) in [5.74, 6) is -0.830. The van der Waals surface area contributed by atoms with Gasteiger partial charge in [0.05, 0.1) is 17.4 Å². The monoisotopic (exact) mass is 582 g/mol. The number of carbonyl (C=O) groups is 2. The minimum absolute atomic E-state index is 0.102. The Morgan fingerprint density at radius 3 is 2.56 bits per heavy atom. The van der Waals surface area contributed by atoms with Gasteiger partial charge in [0.15, 0.2) is 0 Å². The average Bonchev–Trinajstić information content (AvgIpc) is 2.95. The molecule has 2 atom stereocenters. The number of halogens is 1. The van der Waals surface area contributed by atoms with Crippen LogP contribution in [0.3, 0.4) is 0 Å². The highest BCUT2D eigenvalue weighted by Gasteiger charge is 2.40. The number of rotatable bonds is 8. The van der Waals surface area contributed by atoms with Crippen LogP contribution in [0.25, 0.3) is 5.57 Å². The number of piperazine rings is 1. The fraction of sp³-hybridized carbons (Fsp3) is 0.484. The Hall–Kier alpha value is -3.08. The molecule has 41 heavy (non-hydrogen) atoms. The van der Waals surface area contributed by atoms with Crippen molar-refractivity contribution in [2.45, 2.75) is 68.6 Å². The largest absolute Gasteiger partial charge is 0.353 e. The van der Waals surface area contributed by atoms with Crippen LogP contribution in [0.15, 0.2) is 53.9 Å². The average molecular weight is 583 g/mol. The molecule has 0 saturated carbocycles. The van der Waals surface area contributed by atoms with Crippen molar-refractivity contribution in [3.63, 3.8) is 0 Å². The minimum atomic E-state index is -3.95. The van der Waals surface area contributed by atoms with E-state index in [0.717, 1.165) is 64.5 Å². The van der Waals surface area contributed by atoms with Gasteiger partial charge in [0.1, 0.15) is 12.2 Å². The lowest BCUT2D eigenvalue weighted by Crippen LogP contribution is -2.58. The van der Waals surface area contributed by atoms with Gasteiger partial charge in [0.2, 0.25) is 21.8 Å². The van der Waals surface area contributed by atoms with Crippen LogP contribution in [-0.4, -0.2) is 74.4 Å².